The highest BCUT2D eigenvalue weighted by Gasteiger charge is 2.32. The molecule has 3 atom stereocenters. The number of benzene rings is 3. The average molecular weight is 612 g/mol. The molecule has 0 spiro atoms. The average Bonchev–Trinajstić information content (AvgIpc) is 3.02. The molecule has 9 nitrogen and oxygen atoms in total. The lowest BCUT2D eigenvalue weighted by molar-refractivity contribution is -0.153. The van der Waals surface area contributed by atoms with Crippen LogP contribution >= 0.6 is 11.8 Å². The normalized spacial score (nSPS) is 13.3. The largest absolute Gasteiger partial charge is 0.504 e. The van der Waals surface area contributed by atoms with Gasteiger partial charge in [0.25, 0.3) is 0 Å². The molecule has 0 aliphatic carbocycles. The van der Waals surface area contributed by atoms with Gasteiger partial charge in [-0.2, -0.15) is 0 Å². The molecule has 0 fully saturated rings. The highest BCUT2D eigenvalue weighted by Crippen LogP contribution is 2.33. The first-order chi connectivity index (χ1) is 20.5. The molecule has 0 amide bonds. The third-order valence-electron chi connectivity index (χ3n) is 6.62. The fourth-order valence-corrected chi connectivity index (χ4v) is 5.01. The van der Waals surface area contributed by atoms with Gasteiger partial charge in [0.15, 0.2) is 11.5 Å². The van der Waals surface area contributed by atoms with E-state index in [0.29, 0.717) is 5.75 Å². The fourth-order valence-electron chi connectivity index (χ4n) is 3.84. The van der Waals surface area contributed by atoms with E-state index in [0.717, 1.165) is 23.5 Å². The number of ether oxygens (including phenoxy) is 3. The second-order valence-electron chi connectivity index (χ2n) is 9.95. The Morgan fingerprint density at radius 2 is 1.47 bits per heavy atom. The van der Waals surface area contributed by atoms with Gasteiger partial charge < -0.3 is 30.2 Å². The zero-order valence-electron chi connectivity index (χ0n) is 25.0. The summed E-state index contributed by atoms with van der Waals surface area (Å²) in [7, 11) is 1.55. The van der Waals surface area contributed by atoms with Crippen molar-refractivity contribution in [3.05, 3.63) is 90.0 Å². The van der Waals surface area contributed by atoms with Crippen molar-refractivity contribution in [3.8, 4) is 11.5 Å². The Labute approximate surface area is 257 Å². The molecule has 232 valence electrons. The van der Waals surface area contributed by atoms with Crippen molar-refractivity contribution in [2.45, 2.75) is 69.1 Å². The lowest BCUT2D eigenvalue weighted by atomic mass is 9.93. The van der Waals surface area contributed by atoms with E-state index in [1.54, 1.807) is 79.5 Å². The summed E-state index contributed by atoms with van der Waals surface area (Å²) in [6.07, 6.45) is 1.61. The molecule has 0 heterocycles. The van der Waals surface area contributed by atoms with Crippen LogP contribution in [-0.4, -0.2) is 58.7 Å². The van der Waals surface area contributed by atoms with Gasteiger partial charge in [0, 0.05) is 16.2 Å². The van der Waals surface area contributed by atoms with Crippen molar-refractivity contribution in [1.82, 2.24) is 0 Å². The van der Waals surface area contributed by atoms with Crippen molar-refractivity contribution < 1.29 is 38.8 Å². The number of carboxylic acid groups (broad SMARTS) is 1. The zero-order chi connectivity index (χ0) is 31.8. The summed E-state index contributed by atoms with van der Waals surface area (Å²) < 4.78 is 15.1. The number of carboxylic acids is 1. The van der Waals surface area contributed by atoms with Crippen LogP contribution in [0.2, 0.25) is 0 Å². The van der Waals surface area contributed by atoms with Crippen molar-refractivity contribution in [2.75, 3.05) is 12.9 Å². The number of nitrogens with two attached hydrogens (primary N) is 1. The van der Waals surface area contributed by atoms with Crippen LogP contribution in [0.1, 0.15) is 67.2 Å². The number of carbonyl (C=O) groups excluding carboxylic acids is 2. The fraction of sp³-hybridized carbons (Fsp3) is 0.364. The summed E-state index contributed by atoms with van der Waals surface area (Å²) in [5.41, 5.74) is 6.80. The first kappa shape index (κ1) is 35.2. The third-order valence-corrected chi connectivity index (χ3v) is 7.93. The molecular formula is C33H41NO8S. The molecular weight excluding hydrogens is 570 g/mol. The van der Waals surface area contributed by atoms with Gasteiger partial charge >= 0.3 is 17.9 Å². The minimum atomic E-state index is -1.61. The monoisotopic (exact) mass is 611 g/mol. The summed E-state index contributed by atoms with van der Waals surface area (Å²) in [5.74, 6) is -1.33. The molecule has 0 bridgehead atoms. The maximum atomic E-state index is 12.0. The second-order valence-corrected chi connectivity index (χ2v) is 11.0. The number of phenolic OH excluding ortho intramolecular Hbond substituents is 1. The lowest BCUT2D eigenvalue weighted by Crippen LogP contribution is -2.41. The van der Waals surface area contributed by atoms with E-state index in [4.69, 9.17) is 19.9 Å². The van der Waals surface area contributed by atoms with Crippen molar-refractivity contribution >= 4 is 29.7 Å². The number of aliphatic carboxylic acids is 1. The summed E-state index contributed by atoms with van der Waals surface area (Å²) in [5, 5.41) is 19.0. The van der Waals surface area contributed by atoms with Gasteiger partial charge in [0.1, 0.15) is 6.10 Å². The number of methoxy groups -OCH3 is 1. The quantitative estimate of drug-likeness (QED) is 0.140. The van der Waals surface area contributed by atoms with Crippen LogP contribution in [0.3, 0.4) is 0 Å². The second kappa shape index (κ2) is 17.8. The van der Waals surface area contributed by atoms with Gasteiger partial charge in [-0.05, 0) is 62.2 Å². The van der Waals surface area contributed by atoms with Crippen LogP contribution < -0.4 is 10.5 Å². The number of hydrogen-bond donors (Lipinski definition) is 3. The van der Waals surface area contributed by atoms with Crippen LogP contribution in [0.15, 0.2) is 83.8 Å². The predicted molar refractivity (Wildman–Crippen MR) is 167 cm³/mol. The van der Waals surface area contributed by atoms with Crippen molar-refractivity contribution in [2.24, 2.45) is 5.73 Å². The molecule has 0 aromatic heterocycles. The zero-order valence-corrected chi connectivity index (χ0v) is 25.8. The van der Waals surface area contributed by atoms with Crippen LogP contribution in [0, 0.1) is 0 Å². The summed E-state index contributed by atoms with van der Waals surface area (Å²) in [4.78, 5) is 36.4. The van der Waals surface area contributed by atoms with E-state index in [-0.39, 0.29) is 22.4 Å². The van der Waals surface area contributed by atoms with E-state index in [2.05, 4.69) is 13.8 Å². The molecule has 0 saturated carbocycles. The van der Waals surface area contributed by atoms with Gasteiger partial charge in [0.2, 0.25) is 6.10 Å². The number of hydrogen-bond acceptors (Lipinski definition) is 9. The minimum absolute atomic E-state index is 0.115. The topological polar surface area (TPSA) is 145 Å². The molecule has 3 rings (SSSR count). The van der Waals surface area contributed by atoms with Crippen LogP contribution in [0.5, 0.6) is 11.5 Å². The highest BCUT2D eigenvalue weighted by molar-refractivity contribution is 7.99. The summed E-state index contributed by atoms with van der Waals surface area (Å²) in [6, 6.07) is 21.6. The molecule has 3 aromatic rings. The first-order valence-corrected chi connectivity index (χ1v) is 15.1. The van der Waals surface area contributed by atoms with Crippen LogP contribution in [0.4, 0.5) is 0 Å². The summed E-state index contributed by atoms with van der Waals surface area (Å²) in [6.45, 7) is 5.68. The summed E-state index contributed by atoms with van der Waals surface area (Å²) >= 11 is 1.70. The number of aromatic hydroxyl groups is 1. The molecule has 0 radical (unpaired) electrons. The Balaban J connectivity index is 0.000000309. The van der Waals surface area contributed by atoms with Gasteiger partial charge in [-0.3, -0.25) is 0 Å². The number of unbranched alkanes of at least 4 members (excludes halogenated alkanes) is 1. The van der Waals surface area contributed by atoms with Gasteiger partial charge in [-0.1, -0.05) is 63.1 Å². The highest BCUT2D eigenvalue weighted by atomic mass is 32.2. The SMILES string of the molecule is CCCC[C@](N)(CC)CSc1ccc(OC)c(O)c1.C[C@H](OC(=O)c1ccccc1)[C@@H](OC(=O)c1ccccc1)C(=O)O. The molecule has 0 aliphatic rings. The molecule has 4 N–H and O–H groups in total. The van der Waals surface area contributed by atoms with E-state index >= 15 is 0 Å². The first-order valence-electron chi connectivity index (χ1n) is 14.1. The molecule has 0 unspecified atom stereocenters. The predicted octanol–water partition coefficient (Wildman–Crippen LogP) is 6.33. The van der Waals surface area contributed by atoms with Gasteiger partial charge in [0.05, 0.1) is 18.2 Å². The number of thioether (sulfide) groups is 1. The van der Waals surface area contributed by atoms with E-state index < -0.39 is 30.1 Å². The van der Waals surface area contributed by atoms with Crippen molar-refractivity contribution in [1.29, 1.82) is 0 Å². The Hall–Kier alpha value is -4.02. The molecule has 43 heavy (non-hydrogen) atoms. The molecule has 10 heteroatoms. The number of rotatable bonds is 14. The molecule has 0 saturated heterocycles. The number of phenols is 1. The lowest BCUT2D eigenvalue weighted by Gasteiger charge is -2.27. The minimum Gasteiger partial charge on any atom is -0.504 e. The van der Waals surface area contributed by atoms with E-state index in [1.807, 2.05) is 6.07 Å². The maximum absolute atomic E-state index is 12.0. The Kier molecular flexibility index (Phi) is 14.6. The van der Waals surface area contributed by atoms with E-state index in [1.165, 1.54) is 31.9 Å². The van der Waals surface area contributed by atoms with E-state index in [9.17, 15) is 24.6 Å². The maximum Gasteiger partial charge on any atom is 0.348 e. The molecule has 3 aromatic carbocycles. The molecule has 0 aliphatic heterocycles. The van der Waals surface area contributed by atoms with Gasteiger partial charge in [-0.25, -0.2) is 14.4 Å². The Morgan fingerprint density at radius 1 is 0.907 bits per heavy atom. The Morgan fingerprint density at radius 3 is 1.93 bits per heavy atom. The van der Waals surface area contributed by atoms with Crippen molar-refractivity contribution in [3.63, 3.8) is 0 Å². The number of carbonyl (C=O) groups is 3. The Bertz CT molecular complexity index is 1300. The van der Waals surface area contributed by atoms with Gasteiger partial charge in [-0.15, -0.1) is 11.8 Å². The number of esters is 2. The van der Waals surface area contributed by atoms with Crippen LogP contribution in [-0.2, 0) is 14.3 Å². The van der Waals surface area contributed by atoms with Crippen LogP contribution in [0.25, 0.3) is 0 Å². The standard InChI is InChI=1S/C18H16O6.C15H25NO2S/c1-12(23-17(21)13-8-4-2-5-9-13)15(16(19)20)24-18(22)14-10-6-3-7-11-14;1-4-6-9-15(16,5-2)11-19-12-7-8-14(18-3)13(17)10-12/h2-12,15H,1H3,(H,19,20);7-8,10,17H,4-6,9,11,16H2,1-3H3/t12-,15+;15-/m01/s1. The third kappa shape index (κ3) is 11.6. The smallest absolute Gasteiger partial charge is 0.348 e.